The fraction of sp³-hybridized carbons (Fsp3) is 0.679. The van der Waals surface area contributed by atoms with Crippen LogP contribution < -0.4 is 16.0 Å². The van der Waals surface area contributed by atoms with Gasteiger partial charge in [-0.1, -0.05) is 45.4 Å². The molecule has 9 nitrogen and oxygen atoms in total. The van der Waals surface area contributed by atoms with Crippen molar-refractivity contribution < 1.29 is 18.0 Å². The van der Waals surface area contributed by atoms with Crippen molar-refractivity contribution in [2.24, 2.45) is 10.7 Å². The van der Waals surface area contributed by atoms with Gasteiger partial charge in [0.1, 0.15) is 11.4 Å². The number of amides is 3. The smallest absolute Gasteiger partial charge is 0.318 e. The van der Waals surface area contributed by atoms with Crippen LogP contribution in [-0.2, 0) is 21.2 Å². The molecule has 1 saturated heterocycles. The lowest BCUT2D eigenvalue weighted by atomic mass is 9.89. The molecule has 2 aliphatic rings. The third-order valence-corrected chi connectivity index (χ3v) is 9.87. The number of rotatable bonds is 13. The van der Waals surface area contributed by atoms with Crippen LogP contribution in [0.3, 0.4) is 0 Å². The van der Waals surface area contributed by atoms with Crippen LogP contribution in [0.1, 0.15) is 87.8 Å². The number of piperidine rings is 1. The van der Waals surface area contributed by atoms with Gasteiger partial charge in [0.05, 0.1) is 5.75 Å². The lowest BCUT2D eigenvalue weighted by molar-refractivity contribution is -0.124. The van der Waals surface area contributed by atoms with Gasteiger partial charge in [-0.05, 0) is 68.4 Å². The Morgan fingerprint density at radius 1 is 1.05 bits per heavy atom. The zero-order valence-electron chi connectivity index (χ0n) is 23.5. The Morgan fingerprint density at radius 2 is 1.63 bits per heavy atom. The Kier molecular flexibility index (Phi) is 10.3. The first-order valence-electron chi connectivity index (χ1n) is 14.0. The normalized spacial score (nSPS) is 17.5. The van der Waals surface area contributed by atoms with Crippen molar-refractivity contribution in [2.45, 2.75) is 96.9 Å². The zero-order chi connectivity index (χ0) is 27.9. The Morgan fingerprint density at radius 3 is 2.21 bits per heavy atom. The highest BCUT2D eigenvalue weighted by Gasteiger charge is 2.47. The summed E-state index contributed by atoms with van der Waals surface area (Å²) in [6, 6.07) is 3.16. The number of benzene rings is 1. The van der Waals surface area contributed by atoms with Crippen LogP contribution >= 0.6 is 0 Å². The molecule has 38 heavy (non-hydrogen) atoms. The minimum atomic E-state index is -3.49. The largest absolute Gasteiger partial charge is 0.351 e. The van der Waals surface area contributed by atoms with Gasteiger partial charge in [-0.3, -0.25) is 14.7 Å². The zero-order valence-corrected chi connectivity index (χ0v) is 24.3. The first-order valence-corrected chi connectivity index (χ1v) is 15.6. The van der Waals surface area contributed by atoms with E-state index in [9.17, 15) is 18.0 Å². The molecule has 0 atom stereocenters. The van der Waals surface area contributed by atoms with Gasteiger partial charge in [-0.25, -0.2) is 17.5 Å². The fourth-order valence-electron chi connectivity index (χ4n) is 5.47. The summed E-state index contributed by atoms with van der Waals surface area (Å²) in [5.41, 5.74) is 8.04. The summed E-state index contributed by atoms with van der Waals surface area (Å²) in [5, 5.41) is 2.97. The Hall–Kier alpha value is -2.46. The maximum Gasteiger partial charge on any atom is 0.318 e. The van der Waals surface area contributed by atoms with Crippen molar-refractivity contribution in [1.29, 1.82) is 0 Å². The van der Waals surface area contributed by atoms with Crippen LogP contribution in [-0.4, -0.2) is 61.9 Å². The van der Waals surface area contributed by atoms with E-state index in [4.69, 9.17) is 10.7 Å². The first kappa shape index (κ1) is 30.1. The fourth-order valence-corrected chi connectivity index (χ4v) is 6.93. The summed E-state index contributed by atoms with van der Waals surface area (Å²) in [7, 11) is -1.88. The molecule has 1 spiro atoms. The van der Waals surface area contributed by atoms with Gasteiger partial charge in [0.25, 0.3) is 5.91 Å². The molecule has 3 amide bonds. The number of hydrogen-bond acceptors (Lipinski definition) is 5. The number of nitrogens with two attached hydrogens (primary N) is 1. The van der Waals surface area contributed by atoms with Gasteiger partial charge < -0.3 is 11.1 Å². The highest BCUT2D eigenvalue weighted by atomic mass is 32.2. The van der Waals surface area contributed by atoms with Crippen molar-refractivity contribution >= 4 is 33.5 Å². The van der Waals surface area contributed by atoms with Crippen molar-refractivity contribution in [1.82, 2.24) is 9.62 Å². The molecule has 1 fully saturated rings. The van der Waals surface area contributed by atoms with E-state index in [1.54, 1.807) is 7.05 Å². The maximum absolute atomic E-state index is 13.2. The van der Waals surface area contributed by atoms with Crippen molar-refractivity contribution in [3.63, 3.8) is 0 Å². The van der Waals surface area contributed by atoms with Gasteiger partial charge in [-0.15, -0.1) is 0 Å². The number of unbranched alkanes of at least 4 members (excludes halogenated alkanes) is 6. The minimum Gasteiger partial charge on any atom is -0.351 e. The van der Waals surface area contributed by atoms with Crippen LogP contribution in [0, 0.1) is 13.8 Å². The maximum atomic E-state index is 13.2. The van der Waals surface area contributed by atoms with E-state index in [0.717, 1.165) is 41.8 Å². The number of carbonyl (C=O) groups is 2. The topological polar surface area (TPSA) is 125 Å². The molecular weight excluding hydrogens is 502 g/mol. The molecule has 10 heteroatoms. The Bertz CT molecular complexity index is 1120. The quantitative estimate of drug-likeness (QED) is 0.359. The van der Waals surface area contributed by atoms with E-state index in [1.807, 2.05) is 26.0 Å². The number of carbonyl (C=O) groups excluding carboxylic acids is 2. The lowest BCUT2D eigenvalue weighted by Gasteiger charge is -2.34. The van der Waals surface area contributed by atoms with Gasteiger partial charge in [0, 0.05) is 32.2 Å². The first-order chi connectivity index (χ1) is 18.0. The second kappa shape index (κ2) is 13.1. The summed E-state index contributed by atoms with van der Waals surface area (Å²) in [5.74, 6) is 0.669. The van der Waals surface area contributed by atoms with E-state index in [0.29, 0.717) is 38.0 Å². The van der Waals surface area contributed by atoms with E-state index in [1.165, 1.54) is 41.3 Å². The molecule has 2 heterocycles. The number of aliphatic imine (C=N–C) groups is 1. The Labute approximate surface area is 228 Å². The predicted molar refractivity (Wildman–Crippen MR) is 153 cm³/mol. The second-order valence-corrected chi connectivity index (χ2v) is 12.9. The molecule has 1 aromatic rings. The molecule has 2 aliphatic heterocycles. The molecule has 212 valence electrons. The highest BCUT2D eigenvalue weighted by molar-refractivity contribution is 7.89. The van der Waals surface area contributed by atoms with Gasteiger partial charge in [0.15, 0.2) is 0 Å². The third-order valence-electron chi connectivity index (χ3n) is 8.00. The number of primary amides is 1. The van der Waals surface area contributed by atoms with Gasteiger partial charge in [0.2, 0.25) is 10.0 Å². The standard InChI is InChI=1S/C28H45N5O4S/c1-5-6-7-8-9-10-11-12-25-30-26(34)28(31-25)14-16-33(17-15-28)38(36,37)18-13-24-21(2)19-23(20-22(24)3)32(4)27(29)35/h19-20H,5-18H2,1-4H3,(H2,29,35)(H,30,31,34). The molecular formula is C28H45N5O4S. The monoisotopic (exact) mass is 547 g/mol. The number of anilines is 1. The molecule has 0 radical (unpaired) electrons. The van der Waals surface area contributed by atoms with Crippen LogP contribution in [0.2, 0.25) is 0 Å². The van der Waals surface area contributed by atoms with Crippen LogP contribution in [0.15, 0.2) is 17.1 Å². The Balaban J connectivity index is 1.53. The second-order valence-electron chi connectivity index (χ2n) is 10.8. The molecule has 1 aromatic carbocycles. The summed E-state index contributed by atoms with van der Waals surface area (Å²) in [6.45, 7) is 6.64. The SMILES string of the molecule is CCCCCCCCCC1=NC2(CCN(S(=O)(=O)CCc3c(C)cc(N(C)C(N)=O)cc3C)CC2)C(=O)N1. The van der Waals surface area contributed by atoms with Crippen LogP contribution in [0.25, 0.3) is 0 Å². The number of hydrogen-bond donors (Lipinski definition) is 2. The number of nitrogens with one attached hydrogen (secondary N) is 1. The van der Waals surface area contributed by atoms with Gasteiger partial charge >= 0.3 is 6.03 Å². The van der Waals surface area contributed by atoms with E-state index in [-0.39, 0.29) is 11.7 Å². The molecule has 0 unspecified atom stereocenters. The third kappa shape index (κ3) is 7.34. The molecule has 0 aliphatic carbocycles. The van der Waals surface area contributed by atoms with Gasteiger partial charge in [-0.2, -0.15) is 0 Å². The molecule has 0 aromatic heterocycles. The van der Waals surface area contributed by atoms with E-state index >= 15 is 0 Å². The average Bonchev–Trinajstić information content (AvgIpc) is 3.16. The number of aryl methyl sites for hydroxylation is 2. The van der Waals surface area contributed by atoms with Crippen molar-refractivity contribution in [3.8, 4) is 0 Å². The van der Waals surface area contributed by atoms with E-state index < -0.39 is 21.6 Å². The average molecular weight is 548 g/mol. The summed E-state index contributed by atoms with van der Waals surface area (Å²) < 4.78 is 27.9. The highest BCUT2D eigenvalue weighted by Crippen LogP contribution is 2.32. The summed E-state index contributed by atoms with van der Waals surface area (Å²) in [4.78, 5) is 30.4. The lowest BCUT2D eigenvalue weighted by Crippen LogP contribution is -2.50. The number of amidine groups is 1. The molecule has 0 bridgehead atoms. The van der Waals surface area contributed by atoms with Crippen LogP contribution in [0.4, 0.5) is 10.5 Å². The van der Waals surface area contributed by atoms with E-state index in [2.05, 4.69) is 12.2 Å². The summed E-state index contributed by atoms with van der Waals surface area (Å²) >= 11 is 0. The number of nitrogens with zero attached hydrogens (tertiary/aromatic N) is 3. The minimum absolute atomic E-state index is 0.00828. The summed E-state index contributed by atoms with van der Waals surface area (Å²) in [6.07, 6.45) is 10.4. The predicted octanol–water partition coefficient (Wildman–Crippen LogP) is 4.19. The number of sulfonamides is 1. The molecule has 3 rings (SSSR count). The number of urea groups is 1. The molecule has 0 saturated carbocycles. The van der Waals surface area contributed by atoms with Crippen LogP contribution in [0.5, 0.6) is 0 Å². The molecule has 3 N–H and O–H groups in total. The van der Waals surface area contributed by atoms with Crippen molar-refractivity contribution in [2.75, 3.05) is 30.8 Å². The van der Waals surface area contributed by atoms with Crippen molar-refractivity contribution in [3.05, 3.63) is 28.8 Å².